The van der Waals surface area contributed by atoms with E-state index in [1.807, 2.05) is 18.2 Å². The molecule has 0 saturated heterocycles. The average molecular weight is 265 g/mol. The zero-order valence-corrected chi connectivity index (χ0v) is 10.1. The summed E-state index contributed by atoms with van der Waals surface area (Å²) in [5.41, 5.74) is 1.70. The normalized spacial score (nSPS) is 10.3. The Hall–Kier alpha value is -3.27. The van der Waals surface area contributed by atoms with E-state index < -0.39 is 4.92 Å². The molecule has 0 fully saturated rings. The van der Waals surface area contributed by atoms with Gasteiger partial charge in [0.25, 0.3) is 5.69 Å². The largest absolute Gasteiger partial charge is 0.289 e. The van der Waals surface area contributed by atoms with E-state index in [0.29, 0.717) is 11.2 Å². The third kappa shape index (κ3) is 1.76. The van der Waals surface area contributed by atoms with Gasteiger partial charge in [0.1, 0.15) is 17.1 Å². The number of nitro benzene ring substituents is 1. The molecule has 3 aromatic rings. The number of hydrogen-bond acceptors (Lipinski definition) is 5. The summed E-state index contributed by atoms with van der Waals surface area (Å²) in [5.74, 6) is 0. The lowest BCUT2D eigenvalue weighted by Gasteiger charge is -2.02. The van der Waals surface area contributed by atoms with Crippen LogP contribution < -0.4 is 0 Å². The van der Waals surface area contributed by atoms with Gasteiger partial charge in [0.05, 0.1) is 16.1 Å². The van der Waals surface area contributed by atoms with Crippen LogP contribution >= 0.6 is 0 Å². The summed E-state index contributed by atoms with van der Waals surface area (Å²) < 4.78 is 1.50. The molecule has 96 valence electrons. The Morgan fingerprint density at radius 3 is 2.80 bits per heavy atom. The molecule has 0 bridgehead atoms. The number of nitro groups is 1. The van der Waals surface area contributed by atoms with Crippen LogP contribution in [0.5, 0.6) is 0 Å². The Kier molecular flexibility index (Phi) is 2.62. The van der Waals surface area contributed by atoms with Gasteiger partial charge in [-0.3, -0.25) is 10.1 Å². The SMILES string of the molecule is N#Cc1ccc(-n2nnc3ccccc32)cc1[N+](=O)[O-]. The lowest BCUT2D eigenvalue weighted by atomic mass is 10.2. The van der Waals surface area contributed by atoms with Crippen LogP contribution in [0.2, 0.25) is 0 Å². The summed E-state index contributed by atoms with van der Waals surface area (Å²) in [6, 6.07) is 13.4. The van der Waals surface area contributed by atoms with Crippen molar-refractivity contribution < 1.29 is 4.92 Å². The van der Waals surface area contributed by atoms with Gasteiger partial charge in [0.15, 0.2) is 0 Å². The van der Waals surface area contributed by atoms with Gasteiger partial charge in [-0.1, -0.05) is 17.3 Å². The van der Waals surface area contributed by atoms with E-state index >= 15 is 0 Å². The average Bonchev–Trinajstić information content (AvgIpc) is 2.90. The third-order valence-electron chi connectivity index (χ3n) is 2.89. The standard InChI is InChI=1S/C13H7N5O2/c14-8-9-5-6-10(7-13(9)18(19)20)17-12-4-2-1-3-11(12)15-16-17/h1-7H. The van der Waals surface area contributed by atoms with Gasteiger partial charge in [-0.05, 0) is 24.3 Å². The molecular weight excluding hydrogens is 258 g/mol. The molecular formula is C13H7N5O2. The van der Waals surface area contributed by atoms with Crippen LogP contribution in [0.25, 0.3) is 16.7 Å². The van der Waals surface area contributed by atoms with E-state index in [2.05, 4.69) is 10.3 Å². The minimum atomic E-state index is -0.582. The predicted octanol–water partition coefficient (Wildman–Crippen LogP) is 2.20. The van der Waals surface area contributed by atoms with Gasteiger partial charge in [0.2, 0.25) is 0 Å². The van der Waals surface area contributed by atoms with Crippen LogP contribution in [0.15, 0.2) is 42.5 Å². The van der Waals surface area contributed by atoms with E-state index in [0.717, 1.165) is 5.52 Å². The third-order valence-corrected chi connectivity index (χ3v) is 2.89. The quantitative estimate of drug-likeness (QED) is 0.522. The monoisotopic (exact) mass is 265 g/mol. The minimum absolute atomic E-state index is 0.0168. The highest BCUT2D eigenvalue weighted by Gasteiger charge is 2.16. The van der Waals surface area contributed by atoms with E-state index in [1.54, 1.807) is 18.2 Å². The van der Waals surface area contributed by atoms with Crippen molar-refractivity contribution in [1.82, 2.24) is 15.0 Å². The van der Waals surface area contributed by atoms with Crippen molar-refractivity contribution in [2.45, 2.75) is 0 Å². The number of benzene rings is 2. The van der Waals surface area contributed by atoms with Crippen molar-refractivity contribution in [3.63, 3.8) is 0 Å². The number of fused-ring (bicyclic) bond motifs is 1. The molecule has 0 N–H and O–H groups in total. The molecule has 2 aromatic carbocycles. The molecule has 20 heavy (non-hydrogen) atoms. The highest BCUT2D eigenvalue weighted by atomic mass is 16.6. The molecule has 0 atom stereocenters. The van der Waals surface area contributed by atoms with Gasteiger partial charge in [0, 0.05) is 6.07 Å². The lowest BCUT2D eigenvalue weighted by molar-refractivity contribution is -0.385. The molecule has 0 aliphatic rings. The number of hydrogen-bond donors (Lipinski definition) is 0. The number of nitriles is 1. The van der Waals surface area contributed by atoms with Gasteiger partial charge >= 0.3 is 0 Å². The number of para-hydroxylation sites is 1. The summed E-state index contributed by atoms with van der Waals surface area (Å²) in [6.45, 7) is 0. The maximum Gasteiger partial charge on any atom is 0.289 e. The fourth-order valence-electron chi connectivity index (χ4n) is 1.96. The summed E-state index contributed by atoms with van der Waals surface area (Å²) >= 11 is 0. The first-order valence-electron chi connectivity index (χ1n) is 5.70. The number of rotatable bonds is 2. The van der Waals surface area contributed by atoms with Crippen molar-refractivity contribution in [2.75, 3.05) is 0 Å². The van der Waals surface area contributed by atoms with E-state index in [-0.39, 0.29) is 11.3 Å². The van der Waals surface area contributed by atoms with Gasteiger partial charge in [-0.25, -0.2) is 4.68 Å². The zero-order chi connectivity index (χ0) is 14.1. The number of nitrogens with zero attached hydrogens (tertiary/aromatic N) is 5. The van der Waals surface area contributed by atoms with Crippen molar-refractivity contribution >= 4 is 16.7 Å². The molecule has 0 spiro atoms. The van der Waals surface area contributed by atoms with E-state index in [9.17, 15) is 10.1 Å². The fraction of sp³-hybridized carbons (Fsp3) is 0. The molecule has 3 rings (SSSR count). The summed E-state index contributed by atoms with van der Waals surface area (Å²) in [7, 11) is 0. The molecule has 7 heteroatoms. The molecule has 1 heterocycles. The smallest absolute Gasteiger partial charge is 0.258 e. The molecule has 7 nitrogen and oxygen atoms in total. The Balaban J connectivity index is 2.23. The van der Waals surface area contributed by atoms with Crippen LogP contribution in [0, 0.1) is 21.4 Å². The van der Waals surface area contributed by atoms with Crippen molar-refractivity contribution in [1.29, 1.82) is 5.26 Å². The summed E-state index contributed by atoms with van der Waals surface area (Å²) in [6.07, 6.45) is 0. The molecule has 0 radical (unpaired) electrons. The van der Waals surface area contributed by atoms with E-state index in [4.69, 9.17) is 5.26 Å². The van der Waals surface area contributed by atoms with Gasteiger partial charge < -0.3 is 0 Å². The second-order valence-electron chi connectivity index (χ2n) is 4.06. The highest BCUT2D eigenvalue weighted by Crippen LogP contribution is 2.23. The fourth-order valence-corrected chi connectivity index (χ4v) is 1.96. The molecule has 0 saturated carbocycles. The number of aromatic nitrogens is 3. The van der Waals surface area contributed by atoms with Crippen LogP contribution in [0.1, 0.15) is 5.56 Å². The minimum Gasteiger partial charge on any atom is -0.258 e. The first-order chi connectivity index (χ1) is 9.70. The molecule has 0 unspecified atom stereocenters. The first-order valence-corrected chi connectivity index (χ1v) is 5.70. The van der Waals surface area contributed by atoms with Crippen LogP contribution in [-0.4, -0.2) is 19.9 Å². The molecule has 0 amide bonds. The maximum atomic E-state index is 11.0. The maximum absolute atomic E-state index is 11.0. The zero-order valence-electron chi connectivity index (χ0n) is 10.1. The Bertz CT molecular complexity index is 863. The van der Waals surface area contributed by atoms with Crippen LogP contribution in [0.3, 0.4) is 0 Å². The van der Waals surface area contributed by atoms with Crippen LogP contribution in [-0.2, 0) is 0 Å². The van der Waals surface area contributed by atoms with Crippen molar-refractivity contribution in [3.8, 4) is 11.8 Å². The molecule has 1 aromatic heterocycles. The summed E-state index contributed by atoms with van der Waals surface area (Å²) in [5, 5.41) is 27.8. The highest BCUT2D eigenvalue weighted by molar-refractivity contribution is 5.76. The Morgan fingerprint density at radius 1 is 1.25 bits per heavy atom. The lowest BCUT2D eigenvalue weighted by Crippen LogP contribution is -1.99. The first kappa shape index (κ1) is 11.8. The Labute approximate surface area is 112 Å². The summed E-state index contributed by atoms with van der Waals surface area (Å²) in [4.78, 5) is 10.4. The van der Waals surface area contributed by atoms with Crippen molar-refractivity contribution in [3.05, 3.63) is 58.1 Å². The Morgan fingerprint density at radius 2 is 2.05 bits per heavy atom. The van der Waals surface area contributed by atoms with Crippen LogP contribution in [0.4, 0.5) is 5.69 Å². The molecule has 0 aliphatic heterocycles. The van der Waals surface area contributed by atoms with Gasteiger partial charge in [-0.15, -0.1) is 5.10 Å². The predicted molar refractivity (Wildman–Crippen MR) is 70.2 cm³/mol. The van der Waals surface area contributed by atoms with Gasteiger partial charge in [-0.2, -0.15) is 5.26 Å². The van der Waals surface area contributed by atoms with E-state index in [1.165, 1.54) is 16.8 Å². The topological polar surface area (TPSA) is 97.6 Å². The van der Waals surface area contributed by atoms with Crippen molar-refractivity contribution in [2.24, 2.45) is 0 Å². The second-order valence-corrected chi connectivity index (χ2v) is 4.06. The molecule has 0 aliphatic carbocycles. The second kappa shape index (κ2) is 4.44.